The first kappa shape index (κ1) is 22.3. The van der Waals surface area contributed by atoms with Crippen LogP contribution < -0.4 is 5.32 Å². The molecule has 2 aromatic rings. The monoisotopic (exact) mass is 451 g/mol. The van der Waals surface area contributed by atoms with Crippen molar-refractivity contribution in [1.29, 1.82) is 0 Å². The number of benzene rings is 1. The Kier molecular flexibility index (Phi) is 5.99. The van der Waals surface area contributed by atoms with Gasteiger partial charge in [0.05, 0.1) is 10.6 Å². The fraction of sp³-hybridized carbons (Fsp3) is 0.421. The van der Waals surface area contributed by atoms with Crippen LogP contribution in [0, 0.1) is 5.82 Å². The number of nitrogens with zero attached hydrogens (tertiary/aromatic N) is 2. The van der Waals surface area contributed by atoms with Gasteiger partial charge in [0, 0.05) is 37.2 Å². The SMILES string of the molecule is O=C(NCC1(c2cnc(C(F)(F)F)nc2)CCC(F)(F)CC1)c1cccc(F)c1Cl. The molecular weight excluding hydrogens is 436 g/mol. The molecule has 0 aliphatic heterocycles. The van der Waals surface area contributed by atoms with Crippen LogP contribution in [0.4, 0.5) is 26.3 Å². The molecule has 0 saturated heterocycles. The zero-order chi connectivity index (χ0) is 22.2. The molecule has 1 fully saturated rings. The second-order valence-electron chi connectivity index (χ2n) is 7.21. The van der Waals surface area contributed by atoms with E-state index in [4.69, 9.17) is 11.6 Å². The van der Waals surface area contributed by atoms with Gasteiger partial charge in [0.2, 0.25) is 11.7 Å². The summed E-state index contributed by atoms with van der Waals surface area (Å²) in [5.74, 6) is -5.79. The van der Waals surface area contributed by atoms with E-state index in [0.29, 0.717) is 0 Å². The number of alkyl halides is 5. The summed E-state index contributed by atoms with van der Waals surface area (Å²) in [5.41, 5.74) is -1.03. The first-order chi connectivity index (χ1) is 13.9. The number of amides is 1. The lowest BCUT2D eigenvalue weighted by molar-refractivity contribution is -0.145. The summed E-state index contributed by atoms with van der Waals surface area (Å²) in [6.07, 6.45) is -4.08. The second-order valence-corrected chi connectivity index (χ2v) is 7.59. The third-order valence-corrected chi connectivity index (χ3v) is 5.62. The first-order valence-electron chi connectivity index (χ1n) is 8.93. The summed E-state index contributed by atoms with van der Waals surface area (Å²) in [6, 6.07) is 3.66. The molecular formula is C19H16ClF6N3O. The summed E-state index contributed by atoms with van der Waals surface area (Å²) in [5, 5.41) is 2.14. The number of carbonyl (C=O) groups is 1. The van der Waals surface area contributed by atoms with Crippen molar-refractivity contribution in [3.63, 3.8) is 0 Å². The Morgan fingerprint density at radius 1 is 1.10 bits per heavy atom. The average molecular weight is 452 g/mol. The Bertz CT molecular complexity index is 923. The maximum atomic E-state index is 13.7. The highest BCUT2D eigenvalue weighted by molar-refractivity contribution is 6.34. The highest BCUT2D eigenvalue weighted by atomic mass is 35.5. The van der Waals surface area contributed by atoms with Crippen LogP contribution in [0.3, 0.4) is 0 Å². The normalized spacial score (nSPS) is 18.1. The quantitative estimate of drug-likeness (QED) is 0.653. The van der Waals surface area contributed by atoms with E-state index < -0.39 is 52.9 Å². The molecule has 1 heterocycles. The van der Waals surface area contributed by atoms with Crippen molar-refractivity contribution >= 4 is 17.5 Å². The van der Waals surface area contributed by atoms with Crippen molar-refractivity contribution in [1.82, 2.24) is 15.3 Å². The van der Waals surface area contributed by atoms with E-state index >= 15 is 0 Å². The Morgan fingerprint density at radius 2 is 1.70 bits per heavy atom. The number of carbonyl (C=O) groups excluding carboxylic acids is 1. The van der Waals surface area contributed by atoms with Crippen LogP contribution in [0.25, 0.3) is 0 Å². The third-order valence-electron chi connectivity index (χ3n) is 5.24. The van der Waals surface area contributed by atoms with Crippen LogP contribution in [-0.2, 0) is 11.6 Å². The minimum absolute atomic E-state index is 0.105. The number of aromatic nitrogens is 2. The molecule has 0 radical (unpaired) electrons. The first-order valence-corrected chi connectivity index (χ1v) is 9.31. The summed E-state index contributed by atoms with van der Waals surface area (Å²) in [4.78, 5) is 19.1. The number of halogens is 7. The van der Waals surface area contributed by atoms with Crippen LogP contribution in [0.1, 0.15) is 47.4 Å². The Balaban J connectivity index is 1.86. The molecule has 1 aromatic heterocycles. The summed E-state index contributed by atoms with van der Waals surface area (Å²) in [6.45, 7) is -0.177. The van der Waals surface area contributed by atoms with Gasteiger partial charge in [-0.15, -0.1) is 0 Å². The minimum Gasteiger partial charge on any atom is -0.351 e. The summed E-state index contributed by atoms with van der Waals surface area (Å²) in [7, 11) is 0. The van der Waals surface area contributed by atoms with Crippen LogP contribution >= 0.6 is 11.6 Å². The smallest absolute Gasteiger partial charge is 0.351 e. The van der Waals surface area contributed by atoms with Crippen molar-refractivity contribution in [2.45, 2.75) is 43.2 Å². The third kappa shape index (κ3) is 4.69. The second kappa shape index (κ2) is 8.05. The van der Waals surface area contributed by atoms with E-state index in [-0.39, 0.29) is 30.5 Å². The molecule has 0 unspecified atom stereocenters. The number of hydrogen-bond donors (Lipinski definition) is 1. The van der Waals surface area contributed by atoms with Crippen molar-refractivity contribution in [3.8, 4) is 0 Å². The average Bonchev–Trinajstić information content (AvgIpc) is 2.69. The molecule has 1 saturated carbocycles. The number of rotatable bonds is 4. The van der Waals surface area contributed by atoms with Gasteiger partial charge < -0.3 is 5.32 Å². The highest BCUT2D eigenvalue weighted by Gasteiger charge is 2.45. The zero-order valence-corrected chi connectivity index (χ0v) is 16.1. The van der Waals surface area contributed by atoms with Crippen molar-refractivity contribution in [2.24, 2.45) is 0 Å². The molecule has 1 aliphatic rings. The number of nitrogens with one attached hydrogen (secondary N) is 1. The molecule has 0 bridgehead atoms. The molecule has 3 rings (SSSR count). The van der Waals surface area contributed by atoms with Gasteiger partial charge in [0.1, 0.15) is 5.82 Å². The molecule has 30 heavy (non-hydrogen) atoms. The molecule has 11 heteroatoms. The molecule has 1 aliphatic carbocycles. The van der Waals surface area contributed by atoms with Gasteiger partial charge in [-0.2, -0.15) is 13.2 Å². The maximum absolute atomic E-state index is 13.7. The fourth-order valence-electron chi connectivity index (χ4n) is 3.43. The zero-order valence-electron chi connectivity index (χ0n) is 15.4. The van der Waals surface area contributed by atoms with Gasteiger partial charge in [-0.1, -0.05) is 17.7 Å². The van der Waals surface area contributed by atoms with E-state index in [9.17, 15) is 31.1 Å². The van der Waals surface area contributed by atoms with Crippen LogP contribution in [0.15, 0.2) is 30.6 Å². The van der Waals surface area contributed by atoms with Gasteiger partial charge in [0.25, 0.3) is 5.91 Å². The predicted octanol–water partition coefficient (Wildman–Crippen LogP) is 5.17. The van der Waals surface area contributed by atoms with Gasteiger partial charge in [-0.05, 0) is 30.5 Å². The molecule has 0 spiro atoms. The van der Waals surface area contributed by atoms with Gasteiger partial charge in [-0.25, -0.2) is 23.1 Å². The minimum atomic E-state index is -4.74. The molecule has 1 N–H and O–H groups in total. The van der Waals surface area contributed by atoms with Gasteiger partial charge in [-0.3, -0.25) is 4.79 Å². The van der Waals surface area contributed by atoms with Crippen molar-refractivity contribution in [3.05, 3.63) is 58.4 Å². The molecule has 1 aromatic carbocycles. The van der Waals surface area contributed by atoms with E-state index in [1.807, 2.05) is 0 Å². The predicted molar refractivity (Wildman–Crippen MR) is 95.9 cm³/mol. The topological polar surface area (TPSA) is 54.9 Å². The molecule has 4 nitrogen and oxygen atoms in total. The lowest BCUT2D eigenvalue weighted by Crippen LogP contribution is -2.45. The van der Waals surface area contributed by atoms with Crippen molar-refractivity contribution < 1.29 is 31.1 Å². The Hall–Kier alpha value is -2.36. The molecule has 0 atom stereocenters. The Morgan fingerprint density at radius 3 is 2.27 bits per heavy atom. The molecule has 1 amide bonds. The standard InChI is InChI=1S/C19H16ClF6N3O/c20-14-12(2-1-3-13(14)21)15(30)29-10-17(4-6-18(22,23)7-5-17)11-8-27-16(28-9-11)19(24,25)26/h1-3,8-9H,4-7,10H2,(H,29,30). The van der Waals surface area contributed by atoms with E-state index in [1.54, 1.807) is 0 Å². The van der Waals surface area contributed by atoms with E-state index in [2.05, 4.69) is 15.3 Å². The Labute approximate surface area is 172 Å². The summed E-state index contributed by atoms with van der Waals surface area (Å²) < 4.78 is 79.3. The van der Waals surface area contributed by atoms with Crippen LogP contribution in [0.2, 0.25) is 5.02 Å². The molecule has 162 valence electrons. The lowest BCUT2D eigenvalue weighted by atomic mass is 9.69. The summed E-state index contributed by atoms with van der Waals surface area (Å²) >= 11 is 5.80. The van der Waals surface area contributed by atoms with Crippen molar-refractivity contribution in [2.75, 3.05) is 6.54 Å². The highest BCUT2D eigenvalue weighted by Crippen LogP contribution is 2.45. The number of hydrogen-bond acceptors (Lipinski definition) is 3. The van der Waals surface area contributed by atoms with Crippen LogP contribution in [-0.4, -0.2) is 28.3 Å². The maximum Gasteiger partial charge on any atom is 0.451 e. The van der Waals surface area contributed by atoms with E-state index in [0.717, 1.165) is 18.5 Å². The van der Waals surface area contributed by atoms with E-state index in [1.165, 1.54) is 12.1 Å². The van der Waals surface area contributed by atoms with Crippen LogP contribution in [0.5, 0.6) is 0 Å². The van der Waals surface area contributed by atoms with Gasteiger partial charge >= 0.3 is 6.18 Å². The largest absolute Gasteiger partial charge is 0.451 e. The lowest BCUT2D eigenvalue weighted by Gasteiger charge is -2.40. The fourth-order valence-corrected chi connectivity index (χ4v) is 3.65. The van der Waals surface area contributed by atoms with Gasteiger partial charge in [0.15, 0.2) is 0 Å².